The maximum absolute atomic E-state index is 10.2. The Morgan fingerprint density at radius 1 is 1.39 bits per heavy atom. The van der Waals surface area contributed by atoms with Crippen molar-refractivity contribution in [3.63, 3.8) is 0 Å². The molecule has 0 aromatic carbocycles. The first-order valence-corrected chi connectivity index (χ1v) is 6.93. The molecule has 0 amide bonds. The Balaban J connectivity index is 2.02. The monoisotopic (exact) mass is 261 g/mol. The molecule has 0 aromatic heterocycles. The van der Waals surface area contributed by atoms with Gasteiger partial charge in [0, 0.05) is 45.8 Å². The van der Waals surface area contributed by atoms with Gasteiger partial charge in [0.25, 0.3) is 0 Å². The van der Waals surface area contributed by atoms with E-state index < -0.39 is 11.7 Å². The van der Waals surface area contributed by atoms with Crippen LogP contribution >= 0.6 is 0 Å². The van der Waals surface area contributed by atoms with Crippen LogP contribution in [0.1, 0.15) is 32.6 Å². The fourth-order valence-electron chi connectivity index (χ4n) is 1.92. The summed E-state index contributed by atoms with van der Waals surface area (Å²) in [5.74, 6) is 0. The first kappa shape index (κ1) is 15.9. The van der Waals surface area contributed by atoms with Gasteiger partial charge in [0.15, 0.2) is 0 Å². The van der Waals surface area contributed by atoms with Crippen molar-refractivity contribution >= 4 is 0 Å². The van der Waals surface area contributed by atoms with E-state index in [0.29, 0.717) is 52.4 Å². The lowest BCUT2D eigenvalue weighted by molar-refractivity contribution is -0.0631. The van der Waals surface area contributed by atoms with E-state index >= 15 is 0 Å². The van der Waals surface area contributed by atoms with Crippen LogP contribution in [0.25, 0.3) is 0 Å². The molecule has 108 valence electrons. The van der Waals surface area contributed by atoms with E-state index in [0.717, 1.165) is 12.8 Å². The van der Waals surface area contributed by atoms with Crippen LogP contribution in [0.4, 0.5) is 0 Å². The van der Waals surface area contributed by atoms with E-state index in [-0.39, 0.29) is 0 Å². The maximum atomic E-state index is 10.2. The number of nitrogens with one attached hydrogen (secondary N) is 1. The highest BCUT2D eigenvalue weighted by Crippen LogP contribution is 2.19. The number of rotatable bonds is 9. The third-order valence-corrected chi connectivity index (χ3v) is 3.21. The van der Waals surface area contributed by atoms with Crippen molar-refractivity contribution in [2.75, 3.05) is 39.5 Å². The van der Waals surface area contributed by atoms with Gasteiger partial charge in [0.05, 0.1) is 18.3 Å². The summed E-state index contributed by atoms with van der Waals surface area (Å²) in [6.07, 6.45) is 2.93. The minimum atomic E-state index is -0.680. The summed E-state index contributed by atoms with van der Waals surface area (Å²) in [6, 6.07) is 0. The van der Waals surface area contributed by atoms with E-state index in [1.807, 2.05) is 0 Å². The molecule has 1 heterocycles. The van der Waals surface area contributed by atoms with Crippen LogP contribution in [0.5, 0.6) is 0 Å². The number of aliphatic hydroxyl groups excluding tert-OH is 1. The Labute approximate surface area is 109 Å². The summed E-state index contributed by atoms with van der Waals surface area (Å²) < 4.78 is 10.5. The fourth-order valence-corrected chi connectivity index (χ4v) is 1.92. The molecule has 1 rings (SSSR count). The molecule has 1 aliphatic rings. The molecule has 5 heteroatoms. The predicted octanol–water partition coefficient (Wildman–Crippen LogP) is 0.295. The minimum absolute atomic E-state index is 0.356. The number of hydrogen-bond donors (Lipinski definition) is 3. The van der Waals surface area contributed by atoms with Gasteiger partial charge in [-0.3, -0.25) is 0 Å². The summed E-state index contributed by atoms with van der Waals surface area (Å²) in [5.41, 5.74) is -0.680. The van der Waals surface area contributed by atoms with Crippen LogP contribution in [-0.4, -0.2) is 61.4 Å². The molecule has 1 saturated heterocycles. The molecule has 0 bridgehead atoms. The van der Waals surface area contributed by atoms with Gasteiger partial charge in [-0.05, 0) is 6.42 Å². The second kappa shape index (κ2) is 8.82. The largest absolute Gasteiger partial charge is 0.389 e. The number of hydrogen-bond acceptors (Lipinski definition) is 5. The Bertz CT molecular complexity index is 207. The highest BCUT2D eigenvalue weighted by molar-refractivity contribution is 4.83. The standard InChI is InChI=1S/C13H27NO4/c1-2-3-6-18-10-12(15)9-14-11-13(16)4-7-17-8-5-13/h12,14-16H,2-11H2,1H3. The molecule has 1 unspecified atom stereocenters. The van der Waals surface area contributed by atoms with Gasteiger partial charge in [-0.1, -0.05) is 13.3 Å². The maximum Gasteiger partial charge on any atom is 0.0897 e. The first-order chi connectivity index (χ1) is 8.66. The molecule has 3 N–H and O–H groups in total. The van der Waals surface area contributed by atoms with Gasteiger partial charge in [0.2, 0.25) is 0 Å². The van der Waals surface area contributed by atoms with Crippen LogP contribution < -0.4 is 5.32 Å². The summed E-state index contributed by atoms with van der Waals surface area (Å²) in [5, 5.41) is 22.9. The van der Waals surface area contributed by atoms with Crippen LogP contribution in [0.15, 0.2) is 0 Å². The second-order valence-electron chi connectivity index (χ2n) is 5.05. The molecule has 0 spiro atoms. The van der Waals surface area contributed by atoms with E-state index in [1.54, 1.807) is 0 Å². The number of aliphatic hydroxyl groups is 2. The molecular formula is C13H27NO4. The van der Waals surface area contributed by atoms with Crippen molar-refractivity contribution in [1.82, 2.24) is 5.32 Å². The quantitative estimate of drug-likeness (QED) is 0.521. The lowest BCUT2D eigenvalue weighted by Crippen LogP contribution is -2.47. The molecule has 0 radical (unpaired) electrons. The highest BCUT2D eigenvalue weighted by atomic mass is 16.5. The Kier molecular flexibility index (Phi) is 7.77. The fraction of sp³-hybridized carbons (Fsp3) is 1.00. The van der Waals surface area contributed by atoms with Gasteiger partial charge in [-0.15, -0.1) is 0 Å². The zero-order valence-electron chi connectivity index (χ0n) is 11.4. The van der Waals surface area contributed by atoms with E-state index in [4.69, 9.17) is 9.47 Å². The minimum Gasteiger partial charge on any atom is -0.389 e. The van der Waals surface area contributed by atoms with Gasteiger partial charge >= 0.3 is 0 Å². The molecular weight excluding hydrogens is 234 g/mol. The third-order valence-electron chi connectivity index (χ3n) is 3.21. The van der Waals surface area contributed by atoms with Gasteiger partial charge in [0.1, 0.15) is 0 Å². The summed E-state index contributed by atoms with van der Waals surface area (Å²) in [6.45, 7) is 5.35. The third kappa shape index (κ3) is 6.66. The number of ether oxygens (including phenoxy) is 2. The second-order valence-corrected chi connectivity index (χ2v) is 5.05. The van der Waals surface area contributed by atoms with Crippen LogP contribution in [0, 0.1) is 0 Å². The van der Waals surface area contributed by atoms with Crippen LogP contribution in [0.2, 0.25) is 0 Å². The zero-order chi connectivity index (χ0) is 13.3. The average molecular weight is 261 g/mol. The van der Waals surface area contributed by atoms with Crippen molar-refractivity contribution < 1.29 is 19.7 Å². The van der Waals surface area contributed by atoms with Crippen molar-refractivity contribution in [1.29, 1.82) is 0 Å². The Hall–Kier alpha value is -0.200. The lowest BCUT2D eigenvalue weighted by atomic mass is 9.94. The Morgan fingerprint density at radius 3 is 2.78 bits per heavy atom. The number of unbranched alkanes of at least 4 members (excludes halogenated alkanes) is 1. The van der Waals surface area contributed by atoms with E-state index in [1.165, 1.54) is 0 Å². The molecule has 5 nitrogen and oxygen atoms in total. The SMILES string of the molecule is CCCCOCC(O)CNCC1(O)CCOCC1. The molecule has 0 aromatic rings. The Morgan fingerprint density at radius 2 is 2.11 bits per heavy atom. The van der Waals surface area contributed by atoms with E-state index in [2.05, 4.69) is 12.2 Å². The van der Waals surface area contributed by atoms with Gasteiger partial charge in [-0.25, -0.2) is 0 Å². The molecule has 1 atom stereocenters. The van der Waals surface area contributed by atoms with Crippen LogP contribution in [-0.2, 0) is 9.47 Å². The van der Waals surface area contributed by atoms with E-state index in [9.17, 15) is 10.2 Å². The highest BCUT2D eigenvalue weighted by Gasteiger charge is 2.29. The summed E-state index contributed by atoms with van der Waals surface area (Å²) in [4.78, 5) is 0. The molecule has 0 aliphatic carbocycles. The molecule has 1 fully saturated rings. The van der Waals surface area contributed by atoms with Crippen molar-refractivity contribution in [3.8, 4) is 0 Å². The smallest absolute Gasteiger partial charge is 0.0897 e. The predicted molar refractivity (Wildman–Crippen MR) is 69.6 cm³/mol. The molecule has 1 aliphatic heterocycles. The normalized spacial score (nSPS) is 20.8. The first-order valence-electron chi connectivity index (χ1n) is 6.93. The topological polar surface area (TPSA) is 71.0 Å². The molecule has 0 saturated carbocycles. The summed E-state index contributed by atoms with van der Waals surface area (Å²) in [7, 11) is 0. The van der Waals surface area contributed by atoms with Crippen molar-refractivity contribution in [3.05, 3.63) is 0 Å². The summed E-state index contributed by atoms with van der Waals surface area (Å²) >= 11 is 0. The zero-order valence-corrected chi connectivity index (χ0v) is 11.4. The van der Waals surface area contributed by atoms with Crippen molar-refractivity contribution in [2.24, 2.45) is 0 Å². The average Bonchev–Trinajstić information content (AvgIpc) is 2.35. The van der Waals surface area contributed by atoms with Gasteiger partial charge in [-0.2, -0.15) is 0 Å². The lowest BCUT2D eigenvalue weighted by Gasteiger charge is -2.32. The molecule has 18 heavy (non-hydrogen) atoms. The van der Waals surface area contributed by atoms with Gasteiger partial charge < -0.3 is 25.0 Å². The van der Waals surface area contributed by atoms with Crippen LogP contribution in [0.3, 0.4) is 0 Å². The van der Waals surface area contributed by atoms with Crippen molar-refractivity contribution in [2.45, 2.75) is 44.3 Å².